The average molecular weight is 493 g/mol. The first-order valence-electron chi connectivity index (χ1n) is 12.3. The molecule has 2 aromatic heterocycles. The topological polar surface area (TPSA) is 68.1 Å². The molecular weight excluding hydrogens is 462 g/mol. The van der Waals surface area contributed by atoms with E-state index in [0.717, 1.165) is 60.3 Å². The van der Waals surface area contributed by atoms with Crippen LogP contribution in [0.2, 0.25) is 0 Å². The van der Waals surface area contributed by atoms with Crippen molar-refractivity contribution in [1.82, 2.24) is 25.3 Å². The molecule has 2 aromatic carbocycles. The number of hydrogen-bond donors (Lipinski definition) is 1. The van der Waals surface area contributed by atoms with E-state index in [1.807, 2.05) is 32.9 Å². The van der Waals surface area contributed by atoms with Gasteiger partial charge in [0.1, 0.15) is 22.8 Å². The molecule has 0 amide bonds. The van der Waals surface area contributed by atoms with Crippen LogP contribution < -0.4 is 15.0 Å². The Balaban J connectivity index is 1.35. The van der Waals surface area contributed by atoms with Crippen molar-refractivity contribution in [3.05, 3.63) is 71.1 Å². The van der Waals surface area contributed by atoms with Gasteiger partial charge in [-0.1, -0.05) is 12.1 Å². The van der Waals surface area contributed by atoms with Gasteiger partial charge in [-0.3, -0.25) is 0 Å². The molecule has 1 aliphatic heterocycles. The highest BCUT2D eigenvalue weighted by molar-refractivity contribution is 5.92. The minimum absolute atomic E-state index is 0.216. The largest absolute Gasteiger partial charge is 0.494 e. The Labute approximate surface area is 209 Å². The zero-order chi connectivity index (χ0) is 25.2. The smallest absolute Gasteiger partial charge is 0.179 e. The highest BCUT2D eigenvalue weighted by Crippen LogP contribution is 2.32. The van der Waals surface area contributed by atoms with Crippen LogP contribution in [-0.2, 0) is 6.42 Å². The molecule has 0 unspecified atom stereocenters. The summed E-state index contributed by atoms with van der Waals surface area (Å²) in [5.41, 5.74) is 3.76. The monoisotopic (exact) mass is 492 g/mol. The molecule has 3 heterocycles. The Hall–Kier alpha value is -3.59. The summed E-state index contributed by atoms with van der Waals surface area (Å²) in [5, 5.41) is 18.2. The van der Waals surface area contributed by atoms with E-state index in [0.29, 0.717) is 29.9 Å². The Kier molecular flexibility index (Phi) is 6.82. The summed E-state index contributed by atoms with van der Waals surface area (Å²) in [6.07, 6.45) is 1.80. The molecular formula is C27H30F2N6O. The first-order chi connectivity index (χ1) is 17.4. The summed E-state index contributed by atoms with van der Waals surface area (Å²) in [6.45, 7) is 8.57. The summed E-state index contributed by atoms with van der Waals surface area (Å²) < 4.78 is 35.1. The van der Waals surface area contributed by atoms with E-state index >= 15 is 0 Å². The van der Waals surface area contributed by atoms with Crippen LogP contribution in [0.1, 0.15) is 30.3 Å². The Morgan fingerprint density at radius 2 is 1.89 bits per heavy atom. The van der Waals surface area contributed by atoms with E-state index < -0.39 is 5.82 Å². The summed E-state index contributed by atoms with van der Waals surface area (Å²) in [6, 6.07) is 11.8. The lowest BCUT2D eigenvalue weighted by Crippen LogP contribution is -2.34. The van der Waals surface area contributed by atoms with Crippen LogP contribution in [0.25, 0.3) is 16.6 Å². The number of ether oxygens (including phenoxy) is 1. The molecule has 1 N–H and O–H groups in total. The van der Waals surface area contributed by atoms with Crippen molar-refractivity contribution in [1.29, 1.82) is 0 Å². The highest BCUT2D eigenvalue weighted by Gasteiger charge is 2.27. The molecule has 9 heteroatoms. The lowest BCUT2D eigenvalue weighted by molar-refractivity contribution is 0.338. The molecule has 1 atom stereocenters. The van der Waals surface area contributed by atoms with Gasteiger partial charge < -0.3 is 15.0 Å². The summed E-state index contributed by atoms with van der Waals surface area (Å²) in [4.78, 5) is 2.19. The van der Waals surface area contributed by atoms with Crippen molar-refractivity contribution in [2.75, 3.05) is 31.1 Å². The van der Waals surface area contributed by atoms with E-state index in [1.54, 1.807) is 16.8 Å². The van der Waals surface area contributed by atoms with Crippen molar-refractivity contribution in [2.45, 2.75) is 39.7 Å². The number of aryl methyl sites for hydroxylation is 2. The lowest BCUT2D eigenvalue weighted by atomic mass is 10.1. The summed E-state index contributed by atoms with van der Waals surface area (Å²) in [5.74, 6) is 0.588. The third-order valence-electron chi connectivity index (χ3n) is 6.69. The van der Waals surface area contributed by atoms with E-state index in [-0.39, 0.29) is 5.82 Å². The van der Waals surface area contributed by atoms with Crippen LogP contribution in [0.3, 0.4) is 0 Å². The maximum Gasteiger partial charge on any atom is 0.179 e. The fourth-order valence-corrected chi connectivity index (χ4v) is 4.87. The van der Waals surface area contributed by atoms with Gasteiger partial charge >= 0.3 is 0 Å². The summed E-state index contributed by atoms with van der Waals surface area (Å²) >= 11 is 0. The quantitative estimate of drug-likeness (QED) is 0.390. The number of nitrogens with zero attached hydrogens (tertiary/aromatic N) is 5. The van der Waals surface area contributed by atoms with Crippen molar-refractivity contribution >= 4 is 16.7 Å². The summed E-state index contributed by atoms with van der Waals surface area (Å²) in [7, 11) is 0. The molecule has 188 valence electrons. The van der Waals surface area contributed by atoms with Crippen LogP contribution in [0.4, 0.5) is 14.6 Å². The number of fused-ring (bicyclic) bond motifs is 1. The van der Waals surface area contributed by atoms with Gasteiger partial charge in [0, 0.05) is 25.2 Å². The second kappa shape index (κ2) is 10.2. The van der Waals surface area contributed by atoms with E-state index in [9.17, 15) is 8.78 Å². The predicted molar refractivity (Wildman–Crippen MR) is 136 cm³/mol. The molecule has 4 aromatic rings. The second-order valence-electron chi connectivity index (χ2n) is 9.14. The normalized spacial score (nSPS) is 15.7. The van der Waals surface area contributed by atoms with E-state index in [1.165, 1.54) is 18.2 Å². The Morgan fingerprint density at radius 1 is 1.08 bits per heavy atom. The van der Waals surface area contributed by atoms with Crippen molar-refractivity contribution in [3.63, 3.8) is 0 Å². The number of nitrogens with one attached hydrogen (secondary N) is 1. The fourth-order valence-electron chi connectivity index (χ4n) is 4.87. The van der Waals surface area contributed by atoms with Crippen molar-refractivity contribution in [2.24, 2.45) is 0 Å². The minimum atomic E-state index is -0.399. The number of rotatable bonds is 8. The standard InChI is InChI=1S/C27H30F2N6O/c1-4-36-22-9-10-24(23(29)15-22)35-18(3)25-17(2)31-32-27(26(25)33-35)34-14-12-21(16-34)30-13-11-19-5-7-20(28)8-6-19/h5-10,15,21,30H,4,11-14,16H2,1-3H3/t21-/m0/s1. The number of anilines is 1. The third kappa shape index (κ3) is 4.75. The zero-order valence-electron chi connectivity index (χ0n) is 20.8. The number of benzene rings is 2. The van der Waals surface area contributed by atoms with Crippen LogP contribution in [0, 0.1) is 25.5 Å². The molecule has 1 saturated heterocycles. The number of aromatic nitrogens is 4. The van der Waals surface area contributed by atoms with Crippen molar-refractivity contribution in [3.8, 4) is 11.4 Å². The van der Waals surface area contributed by atoms with E-state index in [2.05, 4.69) is 20.4 Å². The molecule has 36 heavy (non-hydrogen) atoms. The van der Waals surface area contributed by atoms with Crippen LogP contribution >= 0.6 is 0 Å². The molecule has 7 nitrogen and oxygen atoms in total. The molecule has 0 aliphatic carbocycles. The second-order valence-corrected chi connectivity index (χ2v) is 9.14. The number of halogens is 2. The average Bonchev–Trinajstić information content (AvgIpc) is 3.46. The lowest BCUT2D eigenvalue weighted by Gasteiger charge is -2.18. The van der Waals surface area contributed by atoms with Gasteiger partial charge in [-0.15, -0.1) is 5.10 Å². The molecule has 0 bridgehead atoms. The van der Waals surface area contributed by atoms with Crippen LogP contribution in [0.5, 0.6) is 5.75 Å². The van der Waals surface area contributed by atoms with Crippen LogP contribution in [-0.4, -0.2) is 52.3 Å². The highest BCUT2D eigenvalue weighted by atomic mass is 19.1. The number of hydrogen-bond acceptors (Lipinski definition) is 6. The molecule has 1 aliphatic rings. The van der Waals surface area contributed by atoms with Gasteiger partial charge in [-0.25, -0.2) is 13.5 Å². The van der Waals surface area contributed by atoms with Crippen molar-refractivity contribution < 1.29 is 13.5 Å². The van der Waals surface area contributed by atoms with Gasteiger partial charge in [0.15, 0.2) is 11.6 Å². The predicted octanol–water partition coefficient (Wildman–Crippen LogP) is 4.52. The first kappa shape index (κ1) is 24.1. The SMILES string of the molecule is CCOc1ccc(-n2nc3c(N4CC[C@H](NCCc5ccc(F)cc5)C4)nnc(C)c3c2C)c(F)c1. The molecule has 1 fully saturated rings. The molecule has 0 spiro atoms. The van der Waals surface area contributed by atoms with Crippen LogP contribution in [0.15, 0.2) is 42.5 Å². The molecule has 5 rings (SSSR count). The van der Waals surface area contributed by atoms with Gasteiger partial charge in [-0.2, -0.15) is 10.2 Å². The fraction of sp³-hybridized carbons (Fsp3) is 0.370. The molecule has 0 radical (unpaired) electrons. The maximum absolute atomic E-state index is 15.0. The Bertz CT molecular complexity index is 1370. The zero-order valence-corrected chi connectivity index (χ0v) is 20.8. The van der Waals surface area contributed by atoms with Gasteiger partial charge in [-0.05, 0) is 70.0 Å². The van der Waals surface area contributed by atoms with Gasteiger partial charge in [0.2, 0.25) is 0 Å². The minimum Gasteiger partial charge on any atom is -0.494 e. The molecule has 0 saturated carbocycles. The first-order valence-corrected chi connectivity index (χ1v) is 12.3. The van der Waals surface area contributed by atoms with E-state index in [4.69, 9.17) is 9.84 Å². The van der Waals surface area contributed by atoms with Gasteiger partial charge in [0.05, 0.1) is 23.4 Å². The van der Waals surface area contributed by atoms with Gasteiger partial charge in [0.25, 0.3) is 0 Å². The Morgan fingerprint density at radius 3 is 2.64 bits per heavy atom. The third-order valence-corrected chi connectivity index (χ3v) is 6.69. The maximum atomic E-state index is 15.0.